The molecule has 0 bridgehead atoms. The van der Waals surface area contributed by atoms with Crippen molar-refractivity contribution in [1.82, 2.24) is 0 Å². The molecule has 36 heavy (non-hydrogen) atoms. The van der Waals surface area contributed by atoms with Gasteiger partial charge in [0.15, 0.2) is 0 Å². The van der Waals surface area contributed by atoms with Crippen LogP contribution in [0.5, 0.6) is 0 Å². The van der Waals surface area contributed by atoms with Crippen molar-refractivity contribution in [3.63, 3.8) is 0 Å². The smallest absolute Gasteiger partial charge is 0.217 e. The van der Waals surface area contributed by atoms with Crippen molar-refractivity contribution in [1.29, 1.82) is 0 Å². The maximum atomic E-state index is 6.24. The first-order valence-corrected chi connectivity index (χ1v) is 13.6. The Morgan fingerprint density at radius 2 is 1.08 bits per heavy atom. The zero-order valence-corrected chi connectivity index (χ0v) is 20.8. The molecule has 0 saturated heterocycles. The van der Waals surface area contributed by atoms with Gasteiger partial charge in [-0.3, -0.25) is 0 Å². The first kappa shape index (κ1) is 22.5. The molecule has 174 valence electrons. The van der Waals surface area contributed by atoms with E-state index in [1.165, 1.54) is 32.6 Å². The van der Waals surface area contributed by atoms with Crippen LogP contribution in [-0.2, 0) is 4.74 Å². The molecule has 5 aromatic carbocycles. The average molecular weight is 484 g/mol. The lowest BCUT2D eigenvalue weighted by Crippen LogP contribution is -2.26. The zero-order valence-electron chi connectivity index (χ0n) is 19.9. The monoisotopic (exact) mass is 483 g/mol. The fraction of sp³-hybridized carbons (Fsp3) is 0.0606. The SMILES string of the molecule is c1ccc(-c2ccccc2[P@@](c2ccccc2)c2ccccc2C2=N[C@H](c3ccccc3)CO2)cc1. The Kier molecular flexibility index (Phi) is 6.44. The average Bonchev–Trinajstić information content (AvgIpc) is 3.46. The maximum Gasteiger partial charge on any atom is 0.217 e. The van der Waals surface area contributed by atoms with Gasteiger partial charge in [-0.2, -0.15) is 0 Å². The van der Waals surface area contributed by atoms with Crippen molar-refractivity contribution < 1.29 is 4.74 Å². The number of ether oxygens (including phenoxy) is 1. The van der Waals surface area contributed by atoms with Crippen LogP contribution in [-0.4, -0.2) is 12.5 Å². The molecule has 0 unspecified atom stereocenters. The molecule has 0 amide bonds. The molecule has 0 aromatic heterocycles. The van der Waals surface area contributed by atoms with Crippen LogP contribution >= 0.6 is 7.92 Å². The van der Waals surface area contributed by atoms with E-state index in [-0.39, 0.29) is 6.04 Å². The van der Waals surface area contributed by atoms with Crippen LogP contribution in [0.1, 0.15) is 17.2 Å². The molecular formula is C33H26NOP. The van der Waals surface area contributed by atoms with E-state index in [1.807, 2.05) is 6.07 Å². The lowest BCUT2D eigenvalue weighted by Gasteiger charge is -2.24. The van der Waals surface area contributed by atoms with Crippen LogP contribution in [0.3, 0.4) is 0 Å². The highest BCUT2D eigenvalue weighted by Crippen LogP contribution is 2.39. The topological polar surface area (TPSA) is 21.6 Å². The van der Waals surface area contributed by atoms with Crippen LogP contribution in [0.25, 0.3) is 11.1 Å². The van der Waals surface area contributed by atoms with Gasteiger partial charge in [-0.15, -0.1) is 0 Å². The summed E-state index contributed by atoms with van der Waals surface area (Å²) >= 11 is 0. The van der Waals surface area contributed by atoms with E-state index in [1.54, 1.807) is 0 Å². The van der Waals surface area contributed by atoms with Gasteiger partial charge in [0.1, 0.15) is 12.6 Å². The summed E-state index contributed by atoms with van der Waals surface area (Å²) in [6.45, 7) is 0.567. The van der Waals surface area contributed by atoms with Crippen molar-refractivity contribution >= 4 is 29.7 Å². The summed E-state index contributed by atoms with van der Waals surface area (Å²) < 4.78 is 6.24. The molecule has 0 N–H and O–H groups in total. The fourth-order valence-electron chi connectivity index (χ4n) is 4.73. The highest BCUT2D eigenvalue weighted by molar-refractivity contribution is 7.80. The number of hydrogen-bond donors (Lipinski definition) is 0. The molecule has 0 spiro atoms. The molecule has 0 aliphatic carbocycles. The number of benzene rings is 5. The third-order valence-corrected chi connectivity index (χ3v) is 9.01. The molecule has 1 aliphatic heterocycles. The molecular weight excluding hydrogens is 457 g/mol. The van der Waals surface area contributed by atoms with Crippen molar-refractivity contribution in [2.45, 2.75) is 6.04 Å². The number of rotatable bonds is 6. The first-order valence-electron chi connectivity index (χ1n) is 12.2. The number of aliphatic imine (C=N–C) groups is 1. The molecule has 3 heteroatoms. The van der Waals surface area contributed by atoms with Crippen molar-refractivity contribution in [2.24, 2.45) is 4.99 Å². The predicted molar refractivity (Wildman–Crippen MR) is 152 cm³/mol. The quantitative estimate of drug-likeness (QED) is 0.249. The van der Waals surface area contributed by atoms with Crippen molar-refractivity contribution in [3.05, 3.63) is 151 Å². The number of hydrogen-bond acceptors (Lipinski definition) is 2. The molecule has 1 heterocycles. The van der Waals surface area contributed by atoms with E-state index in [4.69, 9.17) is 9.73 Å². The fourth-order valence-corrected chi connectivity index (χ4v) is 7.34. The summed E-state index contributed by atoms with van der Waals surface area (Å²) in [5, 5.41) is 3.90. The summed E-state index contributed by atoms with van der Waals surface area (Å²) in [6, 6.07) is 49.4. The Hall–Kier alpha value is -4.00. The molecule has 0 saturated carbocycles. The Morgan fingerprint density at radius 1 is 0.556 bits per heavy atom. The van der Waals surface area contributed by atoms with Gasteiger partial charge in [-0.1, -0.05) is 133 Å². The van der Waals surface area contributed by atoms with E-state index in [0.717, 1.165) is 11.5 Å². The molecule has 2 nitrogen and oxygen atoms in total. The second-order valence-corrected chi connectivity index (χ2v) is 10.9. The molecule has 5 aromatic rings. The van der Waals surface area contributed by atoms with E-state index in [0.29, 0.717) is 6.61 Å². The third-order valence-electron chi connectivity index (χ3n) is 6.45. The Balaban J connectivity index is 1.51. The van der Waals surface area contributed by atoms with Crippen LogP contribution in [0, 0.1) is 0 Å². The number of nitrogens with zero attached hydrogens (tertiary/aromatic N) is 1. The Morgan fingerprint density at radius 3 is 1.78 bits per heavy atom. The minimum Gasteiger partial charge on any atom is -0.475 e. The van der Waals surface area contributed by atoms with Gasteiger partial charge in [0.05, 0.1) is 0 Å². The van der Waals surface area contributed by atoms with Gasteiger partial charge in [-0.25, -0.2) is 4.99 Å². The summed E-state index contributed by atoms with van der Waals surface area (Å²) in [7, 11) is -0.857. The largest absolute Gasteiger partial charge is 0.475 e. The molecule has 0 fully saturated rings. The van der Waals surface area contributed by atoms with Gasteiger partial charge >= 0.3 is 0 Å². The van der Waals surface area contributed by atoms with E-state index >= 15 is 0 Å². The second-order valence-electron chi connectivity index (χ2n) is 8.74. The van der Waals surface area contributed by atoms with Gasteiger partial charge in [0.25, 0.3) is 0 Å². The van der Waals surface area contributed by atoms with Gasteiger partial charge in [0.2, 0.25) is 5.90 Å². The minimum absolute atomic E-state index is 0.0221. The molecule has 0 radical (unpaired) electrons. The maximum absolute atomic E-state index is 6.24. The summed E-state index contributed by atoms with van der Waals surface area (Å²) in [4.78, 5) is 5.04. The molecule has 2 atom stereocenters. The first-order chi connectivity index (χ1) is 17.9. The van der Waals surface area contributed by atoms with Gasteiger partial charge in [-0.05, 0) is 46.6 Å². The highest BCUT2D eigenvalue weighted by atomic mass is 31.1. The van der Waals surface area contributed by atoms with E-state index in [2.05, 4.69) is 133 Å². The normalized spacial score (nSPS) is 15.7. The molecule has 6 rings (SSSR count). The van der Waals surface area contributed by atoms with Crippen LogP contribution < -0.4 is 15.9 Å². The predicted octanol–water partition coefficient (Wildman–Crippen LogP) is 6.63. The Bertz CT molecular complexity index is 1480. The van der Waals surface area contributed by atoms with Crippen LogP contribution in [0.2, 0.25) is 0 Å². The van der Waals surface area contributed by atoms with Crippen LogP contribution in [0.4, 0.5) is 0 Å². The van der Waals surface area contributed by atoms with Crippen molar-refractivity contribution in [2.75, 3.05) is 6.61 Å². The van der Waals surface area contributed by atoms with Gasteiger partial charge < -0.3 is 4.74 Å². The summed E-state index contributed by atoms with van der Waals surface area (Å²) in [6.07, 6.45) is 0. The Labute approximate surface area is 213 Å². The van der Waals surface area contributed by atoms with Crippen LogP contribution in [0.15, 0.2) is 145 Å². The van der Waals surface area contributed by atoms with E-state index < -0.39 is 7.92 Å². The molecule has 1 aliphatic rings. The summed E-state index contributed by atoms with van der Waals surface area (Å²) in [5.74, 6) is 0.736. The van der Waals surface area contributed by atoms with E-state index in [9.17, 15) is 0 Å². The lowest BCUT2D eigenvalue weighted by atomic mass is 10.1. The summed E-state index contributed by atoms with van der Waals surface area (Å²) in [5.41, 5.74) is 4.76. The third kappa shape index (κ3) is 4.49. The minimum atomic E-state index is -0.857. The lowest BCUT2D eigenvalue weighted by molar-refractivity contribution is 0.320. The van der Waals surface area contributed by atoms with Gasteiger partial charge in [0, 0.05) is 5.56 Å². The standard InChI is InChI=1S/C33H26NOP/c1-4-14-25(15-5-1)28-20-10-12-22-31(28)36(27-18-8-3-9-19-27)32-23-13-11-21-29(32)33-34-30(24-35-33)26-16-6-2-7-17-26/h1-23,30H,24H2/t30-,36+/m0/s1. The second kappa shape index (κ2) is 10.3. The zero-order chi connectivity index (χ0) is 24.2. The van der Waals surface area contributed by atoms with Crippen molar-refractivity contribution in [3.8, 4) is 11.1 Å². The highest BCUT2D eigenvalue weighted by Gasteiger charge is 2.28.